The van der Waals surface area contributed by atoms with Crippen LogP contribution >= 0.6 is 0 Å². The number of sulfone groups is 1. The van der Waals surface area contributed by atoms with Gasteiger partial charge in [0.25, 0.3) is 0 Å². The van der Waals surface area contributed by atoms with Crippen LogP contribution in [0, 0.1) is 5.41 Å². The Morgan fingerprint density at radius 1 is 1.47 bits per heavy atom. The predicted molar refractivity (Wildman–Crippen MR) is 69.8 cm³/mol. The minimum absolute atomic E-state index is 0.0593. The average Bonchev–Trinajstić information content (AvgIpc) is 2.18. The molecule has 1 aliphatic carbocycles. The molecular formula is C12H25NO3S. The molecule has 0 aromatic rings. The summed E-state index contributed by atoms with van der Waals surface area (Å²) in [6, 6.07) is -0.0593. The van der Waals surface area contributed by atoms with Gasteiger partial charge in [-0.25, -0.2) is 8.42 Å². The fraction of sp³-hybridized carbons (Fsp3) is 1.00. The van der Waals surface area contributed by atoms with Crippen LogP contribution in [0.3, 0.4) is 0 Å². The number of aliphatic hydroxyl groups excluding tert-OH is 1. The van der Waals surface area contributed by atoms with Gasteiger partial charge >= 0.3 is 0 Å². The van der Waals surface area contributed by atoms with Gasteiger partial charge in [-0.2, -0.15) is 0 Å². The summed E-state index contributed by atoms with van der Waals surface area (Å²) in [6.07, 6.45) is 5.09. The normalized spacial score (nSPS) is 32.4. The molecule has 0 amide bonds. The lowest BCUT2D eigenvalue weighted by atomic mass is 9.73. The van der Waals surface area contributed by atoms with E-state index in [1.807, 2.05) is 6.92 Å². The quantitative estimate of drug-likeness (QED) is 0.775. The minimum atomic E-state index is -2.93. The molecule has 1 rings (SSSR count). The van der Waals surface area contributed by atoms with Crippen molar-refractivity contribution in [3.8, 4) is 0 Å². The van der Waals surface area contributed by atoms with Gasteiger partial charge in [0.15, 0.2) is 0 Å². The zero-order valence-electron chi connectivity index (χ0n) is 11.1. The monoisotopic (exact) mass is 263 g/mol. The first-order valence-corrected chi connectivity index (χ1v) is 8.38. The Hall–Kier alpha value is -0.130. The summed E-state index contributed by atoms with van der Waals surface area (Å²) >= 11 is 0. The second-order valence-corrected chi connectivity index (χ2v) is 7.97. The van der Waals surface area contributed by atoms with Crippen molar-refractivity contribution in [2.45, 2.75) is 51.7 Å². The van der Waals surface area contributed by atoms with Crippen molar-refractivity contribution in [1.82, 2.24) is 5.32 Å². The molecule has 0 aromatic heterocycles. The zero-order chi connectivity index (χ0) is 13.1. The van der Waals surface area contributed by atoms with Crippen molar-refractivity contribution >= 4 is 9.84 Å². The standard InChI is InChI=1S/C12H25NO3S/c1-10(8-17(3,15)16)13-9-12(2)7-5-4-6-11(12)14/h10-11,13-14H,4-9H2,1-3H3. The fourth-order valence-electron chi connectivity index (χ4n) is 2.51. The zero-order valence-corrected chi connectivity index (χ0v) is 11.9. The second-order valence-electron chi connectivity index (χ2n) is 5.79. The van der Waals surface area contributed by atoms with Crippen LogP contribution in [0.5, 0.6) is 0 Å². The molecule has 0 spiro atoms. The van der Waals surface area contributed by atoms with E-state index in [0.29, 0.717) is 6.54 Å². The Kier molecular flexibility index (Phi) is 4.98. The molecule has 0 radical (unpaired) electrons. The van der Waals surface area contributed by atoms with Crippen molar-refractivity contribution in [2.75, 3.05) is 18.6 Å². The van der Waals surface area contributed by atoms with Crippen LogP contribution in [-0.2, 0) is 9.84 Å². The van der Waals surface area contributed by atoms with Gasteiger partial charge in [0.2, 0.25) is 0 Å². The van der Waals surface area contributed by atoms with Gasteiger partial charge in [0, 0.05) is 24.3 Å². The van der Waals surface area contributed by atoms with Crippen LogP contribution in [0.4, 0.5) is 0 Å². The molecule has 0 saturated heterocycles. The molecule has 17 heavy (non-hydrogen) atoms. The van der Waals surface area contributed by atoms with Gasteiger partial charge in [0.05, 0.1) is 11.9 Å². The first kappa shape index (κ1) is 14.9. The SMILES string of the molecule is CC(CS(C)(=O)=O)NCC1(C)CCCCC1O. The van der Waals surface area contributed by atoms with Crippen molar-refractivity contribution in [2.24, 2.45) is 5.41 Å². The van der Waals surface area contributed by atoms with E-state index in [1.165, 1.54) is 6.26 Å². The lowest BCUT2D eigenvalue weighted by Crippen LogP contribution is -2.47. The maximum Gasteiger partial charge on any atom is 0.148 e. The number of hydrogen-bond donors (Lipinski definition) is 2. The lowest BCUT2D eigenvalue weighted by molar-refractivity contribution is 0.000378. The molecule has 1 saturated carbocycles. The van der Waals surface area contributed by atoms with Gasteiger partial charge in [0.1, 0.15) is 9.84 Å². The Balaban J connectivity index is 2.43. The van der Waals surface area contributed by atoms with Crippen LogP contribution in [0.25, 0.3) is 0 Å². The summed E-state index contributed by atoms with van der Waals surface area (Å²) < 4.78 is 22.3. The summed E-state index contributed by atoms with van der Waals surface area (Å²) in [5, 5.41) is 13.3. The number of hydrogen-bond acceptors (Lipinski definition) is 4. The molecular weight excluding hydrogens is 238 g/mol. The van der Waals surface area contributed by atoms with Crippen LogP contribution in [0.15, 0.2) is 0 Å². The number of aliphatic hydroxyl groups is 1. The molecule has 4 nitrogen and oxygen atoms in total. The summed E-state index contributed by atoms with van der Waals surface area (Å²) in [4.78, 5) is 0. The van der Waals surface area contributed by atoms with E-state index in [4.69, 9.17) is 0 Å². The molecule has 102 valence electrons. The highest BCUT2D eigenvalue weighted by atomic mass is 32.2. The second kappa shape index (κ2) is 5.67. The molecule has 1 aliphatic rings. The smallest absolute Gasteiger partial charge is 0.148 e. The summed E-state index contributed by atoms with van der Waals surface area (Å²) in [6.45, 7) is 4.64. The number of rotatable bonds is 5. The van der Waals surface area contributed by atoms with E-state index < -0.39 is 9.84 Å². The van der Waals surface area contributed by atoms with Crippen LogP contribution in [0.2, 0.25) is 0 Å². The average molecular weight is 263 g/mol. The molecule has 0 bridgehead atoms. The molecule has 5 heteroatoms. The maximum atomic E-state index is 11.1. The van der Waals surface area contributed by atoms with E-state index in [2.05, 4.69) is 12.2 Å². The van der Waals surface area contributed by atoms with Gasteiger partial charge in [-0.15, -0.1) is 0 Å². The Morgan fingerprint density at radius 3 is 2.65 bits per heavy atom. The highest BCUT2D eigenvalue weighted by Crippen LogP contribution is 2.35. The summed E-state index contributed by atoms with van der Waals surface area (Å²) in [5.41, 5.74) is -0.107. The highest BCUT2D eigenvalue weighted by molar-refractivity contribution is 7.90. The van der Waals surface area contributed by atoms with Gasteiger partial charge in [-0.1, -0.05) is 19.8 Å². The predicted octanol–water partition coefficient (Wildman–Crippen LogP) is 0.950. The lowest BCUT2D eigenvalue weighted by Gasteiger charge is -2.39. The molecule has 0 aliphatic heterocycles. The molecule has 0 aromatic carbocycles. The Morgan fingerprint density at radius 2 is 2.12 bits per heavy atom. The third-order valence-electron chi connectivity index (χ3n) is 3.69. The first-order valence-electron chi connectivity index (χ1n) is 6.32. The van der Waals surface area contributed by atoms with Gasteiger partial charge in [-0.05, 0) is 19.8 Å². The molecule has 3 unspecified atom stereocenters. The topological polar surface area (TPSA) is 66.4 Å². The fourth-order valence-corrected chi connectivity index (χ4v) is 3.53. The highest BCUT2D eigenvalue weighted by Gasteiger charge is 2.35. The Labute approximate surface area is 105 Å². The van der Waals surface area contributed by atoms with E-state index in [9.17, 15) is 13.5 Å². The maximum absolute atomic E-state index is 11.1. The van der Waals surface area contributed by atoms with E-state index in [0.717, 1.165) is 25.7 Å². The number of nitrogens with one attached hydrogen (secondary N) is 1. The molecule has 0 heterocycles. The summed E-state index contributed by atoms with van der Waals surface area (Å²) in [5.74, 6) is 0.152. The van der Waals surface area contributed by atoms with Gasteiger partial charge < -0.3 is 10.4 Å². The first-order chi connectivity index (χ1) is 7.73. The van der Waals surface area contributed by atoms with Crippen LogP contribution in [0.1, 0.15) is 39.5 Å². The van der Waals surface area contributed by atoms with Crippen molar-refractivity contribution in [3.63, 3.8) is 0 Å². The third-order valence-corrected chi connectivity index (χ3v) is 4.79. The van der Waals surface area contributed by atoms with Crippen molar-refractivity contribution in [1.29, 1.82) is 0 Å². The summed E-state index contributed by atoms with van der Waals surface area (Å²) in [7, 11) is -2.93. The molecule has 3 atom stereocenters. The molecule has 2 N–H and O–H groups in total. The Bertz CT molecular complexity index is 342. The van der Waals surface area contributed by atoms with E-state index in [1.54, 1.807) is 0 Å². The van der Waals surface area contributed by atoms with E-state index >= 15 is 0 Å². The van der Waals surface area contributed by atoms with Crippen molar-refractivity contribution in [3.05, 3.63) is 0 Å². The largest absolute Gasteiger partial charge is 0.393 e. The van der Waals surface area contributed by atoms with Crippen LogP contribution < -0.4 is 5.32 Å². The third kappa shape index (κ3) is 4.94. The van der Waals surface area contributed by atoms with Gasteiger partial charge in [-0.3, -0.25) is 0 Å². The van der Waals surface area contributed by atoms with Crippen molar-refractivity contribution < 1.29 is 13.5 Å². The minimum Gasteiger partial charge on any atom is -0.393 e. The molecule has 1 fully saturated rings. The van der Waals surface area contributed by atoms with E-state index in [-0.39, 0.29) is 23.3 Å². The van der Waals surface area contributed by atoms with Crippen LogP contribution in [-0.4, -0.2) is 44.2 Å².